The molecule has 0 saturated carbocycles. The van der Waals surface area contributed by atoms with Gasteiger partial charge in [0.1, 0.15) is 0 Å². The zero-order chi connectivity index (χ0) is 15.8. The van der Waals surface area contributed by atoms with Gasteiger partial charge in [-0.25, -0.2) is 0 Å². The van der Waals surface area contributed by atoms with Gasteiger partial charge in [-0.1, -0.05) is 13.3 Å². The molecular formula is C17H35IN4O. The van der Waals surface area contributed by atoms with Crippen LogP contribution in [0.3, 0.4) is 0 Å². The summed E-state index contributed by atoms with van der Waals surface area (Å²) in [6.07, 6.45) is 6.25. The Labute approximate surface area is 159 Å². The largest absolute Gasteiger partial charge is 0.373 e. The van der Waals surface area contributed by atoms with E-state index in [9.17, 15) is 0 Å². The number of ether oxygens (including phenoxy) is 1. The first-order chi connectivity index (χ1) is 10.7. The molecule has 136 valence electrons. The van der Waals surface area contributed by atoms with Crippen molar-refractivity contribution in [3.05, 3.63) is 0 Å². The second kappa shape index (κ2) is 10.7. The third kappa shape index (κ3) is 6.74. The molecule has 2 saturated heterocycles. The Morgan fingerprint density at radius 1 is 1.26 bits per heavy atom. The Bertz CT molecular complexity index is 359. The molecule has 2 aliphatic heterocycles. The second-order valence-electron chi connectivity index (χ2n) is 6.76. The van der Waals surface area contributed by atoms with Crippen LogP contribution in [-0.4, -0.2) is 61.8 Å². The summed E-state index contributed by atoms with van der Waals surface area (Å²) in [6.45, 7) is 12.4. The normalized spacial score (nSPS) is 29.2. The molecule has 2 N–H and O–H groups in total. The Balaban J connectivity index is 0.00000264. The van der Waals surface area contributed by atoms with Crippen LogP contribution in [0.15, 0.2) is 4.99 Å². The summed E-state index contributed by atoms with van der Waals surface area (Å²) in [4.78, 5) is 7.34. The summed E-state index contributed by atoms with van der Waals surface area (Å²) < 4.78 is 5.83. The molecule has 0 spiro atoms. The fourth-order valence-electron chi connectivity index (χ4n) is 3.47. The summed E-state index contributed by atoms with van der Waals surface area (Å²) >= 11 is 0. The van der Waals surface area contributed by atoms with Crippen LogP contribution in [0, 0.1) is 0 Å². The molecule has 2 heterocycles. The molecule has 2 rings (SSSR count). The maximum Gasteiger partial charge on any atom is 0.191 e. The van der Waals surface area contributed by atoms with Crippen LogP contribution in [0.25, 0.3) is 0 Å². The number of nitrogens with zero attached hydrogens (tertiary/aromatic N) is 2. The zero-order valence-corrected chi connectivity index (χ0v) is 17.4. The van der Waals surface area contributed by atoms with Gasteiger partial charge in [-0.3, -0.25) is 9.89 Å². The maximum absolute atomic E-state index is 5.83. The van der Waals surface area contributed by atoms with Gasteiger partial charge in [0, 0.05) is 25.7 Å². The predicted octanol–water partition coefficient (Wildman–Crippen LogP) is 2.60. The van der Waals surface area contributed by atoms with Gasteiger partial charge >= 0.3 is 0 Å². The number of hydrogen-bond acceptors (Lipinski definition) is 3. The predicted molar refractivity (Wildman–Crippen MR) is 108 cm³/mol. The number of hydrogen-bond donors (Lipinski definition) is 2. The van der Waals surface area contributed by atoms with Crippen molar-refractivity contribution < 1.29 is 4.74 Å². The van der Waals surface area contributed by atoms with Gasteiger partial charge in [0.15, 0.2) is 5.96 Å². The Morgan fingerprint density at radius 3 is 2.74 bits per heavy atom. The number of aliphatic imine (C=N–C) groups is 1. The molecule has 23 heavy (non-hydrogen) atoms. The first-order valence-electron chi connectivity index (χ1n) is 9.07. The van der Waals surface area contributed by atoms with Crippen molar-refractivity contribution in [1.29, 1.82) is 0 Å². The van der Waals surface area contributed by atoms with E-state index in [2.05, 4.69) is 36.3 Å². The van der Waals surface area contributed by atoms with Gasteiger partial charge < -0.3 is 15.4 Å². The van der Waals surface area contributed by atoms with Gasteiger partial charge in [-0.2, -0.15) is 0 Å². The number of guanidine groups is 1. The van der Waals surface area contributed by atoms with Crippen LogP contribution in [0.4, 0.5) is 0 Å². The first kappa shape index (κ1) is 21.0. The van der Waals surface area contributed by atoms with Crippen molar-refractivity contribution in [2.24, 2.45) is 4.99 Å². The van der Waals surface area contributed by atoms with Gasteiger partial charge in [-0.05, 0) is 52.6 Å². The zero-order valence-electron chi connectivity index (χ0n) is 15.1. The van der Waals surface area contributed by atoms with Crippen LogP contribution in [0.1, 0.15) is 52.9 Å². The Kier molecular flexibility index (Phi) is 9.77. The Morgan fingerprint density at radius 2 is 2.09 bits per heavy atom. The molecule has 2 unspecified atom stereocenters. The van der Waals surface area contributed by atoms with Crippen molar-refractivity contribution in [1.82, 2.24) is 15.5 Å². The topological polar surface area (TPSA) is 48.9 Å². The van der Waals surface area contributed by atoms with Crippen molar-refractivity contribution in [2.75, 3.05) is 39.3 Å². The number of likely N-dealkylation sites (tertiary alicyclic amines) is 1. The minimum atomic E-state index is -0.0668. The molecule has 0 aromatic heterocycles. The summed E-state index contributed by atoms with van der Waals surface area (Å²) in [5.74, 6) is 0.931. The molecule has 0 aliphatic carbocycles. The molecule has 2 atom stereocenters. The fraction of sp³-hybridized carbons (Fsp3) is 0.941. The number of halogens is 1. The lowest BCUT2D eigenvalue weighted by molar-refractivity contribution is 0.0283. The summed E-state index contributed by atoms with van der Waals surface area (Å²) in [7, 11) is 0. The van der Waals surface area contributed by atoms with E-state index in [0.29, 0.717) is 6.04 Å². The van der Waals surface area contributed by atoms with Gasteiger partial charge in [0.25, 0.3) is 0 Å². The molecule has 2 aliphatic rings. The van der Waals surface area contributed by atoms with E-state index < -0.39 is 0 Å². The average Bonchev–Trinajstić information content (AvgIpc) is 2.97. The van der Waals surface area contributed by atoms with Crippen LogP contribution in [0.2, 0.25) is 0 Å². The summed E-state index contributed by atoms with van der Waals surface area (Å²) in [5, 5.41) is 6.90. The van der Waals surface area contributed by atoms with Crippen LogP contribution in [0.5, 0.6) is 0 Å². The molecule has 5 nitrogen and oxygen atoms in total. The minimum Gasteiger partial charge on any atom is -0.373 e. The lowest BCUT2D eigenvalue weighted by atomic mass is 10.0. The first-order valence-corrected chi connectivity index (χ1v) is 9.07. The van der Waals surface area contributed by atoms with Gasteiger partial charge in [0.2, 0.25) is 0 Å². The highest BCUT2D eigenvalue weighted by molar-refractivity contribution is 14.0. The molecule has 0 aromatic carbocycles. The second-order valence-corrected chi connectivity index (χ2v) is 6.76. The van der Waals surface area contributed by atoms with E-state index >= 15 is 0 Å². The van der Waals surface area contributed by atoms with E-state index in [1.165, 1.54) is 25.8 Å². The standard InChI is InChI=1S/C17H34N4O.HI/c1-4-18-16(20-14-17(3)10-8-12-22-17)19-13-15-9-6-7-11-21(15)5-2;/h15H,4-14H2,1-3H3,(H2,18,19,20);1H. The average molecular weight is 438 g/mol. The highest BCUT2D eigenvalue weighted by atomic mass is 127. The van der Waals surface area contributed by atoms with E-state index in [1.54, 1.807) is 0 Å². The highest BCUT2D eigenvalue weighted by Crippen LogP contribution is 2.25. The smallest absolute Gasteiger partial charge is 0.191 e. The van der Waals surface area contributed by atoms with Gasteiger partial charge in [0.05, 0.1) is 12.1 Å². The number of rotatable bonds is 6. The maximum atomic E-state index is 5.83. The lowest BCUT2D eigenvalue weighted by Gasteiger charge is -2.35. The number of likely N-dealkylation sites (N-methyl/N-ethyl adjacent to an activating group) is 1. The third-order valence-electron chi connectivity index (χ3n) is 4.88. The van der Waals surface area contributed by atoms with Crippen molar-refractivity contribution in [3.63, 3.8) is 0 Å². The third-order valence-corrected chi connectivity index (χ3v) is 4.88. The van der Waals surface area contributed by atoms with Gasteiger partial charge in [-0.15, -0.1) is 24.0 Å². The molecular weight excluding hydrogens is 403 g/mol. The number of nitrogens with one attached hydrogen (secondary N) is 2. The van der Waals surface area contributed by atoms with E-state index in [1.807, 2.05) is 0 Å². The van der Waals surface area contributed by atoms with Crippen molar-refractivity contribution in [3.8, 4) is 0 Å². The molecule has 2 fully saturated rings. The highest BCUT2D eigenvalue weighted by Gasteiger charge is 2.29. The van der Waals surface area contributed by atoms with E-state index in [4.69, 9.17) is 9.73 Å². The van der Waals surface area contributed by atoms with Crippen molar-refractivity contribution in [2.45, 2.75) is 64.5 Å². The molecule has 0 aromatic rings. The lowest BCUT2D eigenvalue weighted by Crippen LogP contribution is -2.49. The SMILES string of the molecule is CCNC(=NCC1(C)CCCO1)NCC1CCCCN1CC.I. The molecule has 0 amide bonds. The van der Waals surface area contributed by atoms with Crippen LogP contribution >= 0.6 is 24.0 Å². The van der Waals surface area contributed by atoms with E-state index in [-0.39, 0.29) is 29.6 Å². The Hall–Kier alpha value is -0.0800. The van der Waals surface area contributed by atoms with E-state index in [0.717, 1.165) is 51.6 Å². The monoisotopic (exact) mass is 438 g/mol. The van der Waals surface area contributed by atoms with Crippen LogP contribution in [-0.2, 0) is 4.74 Å². The molecule has 6 heteroatoms. The molecule has 0 bridgehead atoms. The minimum absolute atomic E-state index is 0. The summed E-state index contributed by atoms with van der Waals surface area (Å²) in [5.41, 5.74) is -0.0668. The summed E-state index contributed by atoms with van der Waals surface area (Å²) in [6, 6.07) is 0.640. The number of piperidine rings is 1. The molecule has 0 radical (unpaired) electrons. The van der Waals surface area contributed by atoms with Crippen LogP contribution < -0.4 is 10.6 Å². The van der Waals surface area contributed by atoms with Crippen molar-refractivity contribution >= 4 is 29.9 Å². The fourth-order valence-corrected chi connectivity index (χ4v) is 3.47. The quantitative estimate of drug-likeness (QED) is 0.380.